The van der Waals surface area contributed by atoms with E-state index in [0.29, 0.717) is 22.9 Å². The van der Waals surface area contributed by atoms with Crippen molar-refractivity contribution in [2.45, 2.75) is 25.3 Å². The third-order valence-corrected chi connectivity index (χ3v) is 5.68. The van der Waals surface area contributed by atoms with Crippen molar-refractivity contribution in [2.75, 3.05) is 11.4 Å². The van der Waals surface area contributed by atoms with Crippen molar-refractivity contribution >= 4 is 16.7 Å². The normalized spacial score (nSPS) is 23.1. The highest BCUT2D eigenvalue weighted by Crippen LogP contribution is 2.51. The molecule has 0 bridgehead atoms. The number of fused-ring (bicyclic) bond motifs is 1. The van der Waals surface area contributed by atoms with Gasteiger partial charge in [0, 0.05) is 25.9 Å². The lowest BCUT2D eigenvalue weighted by molar-refractivity contribution is 0.406. The van der Waals surface area contributed by atoms with Crippen LogP contribution < -0.4 is 10.6 Å². The Morgan fingerprint density at radius 1 is 1.27 bits per heavy atom. The Labute approximate surface area is 148 Å². The van der Waals surface area contributed by atoms with Gasteiger partial charge in [-0.1, -0.05) is 0 Å². The minimum absolute atomic E-state index is 0.00361. The average molecular weight is 354 g/mol. The zero-order valence-corrected chi connectivity index (χ0v) is 14.4. The second kappa shape index (κ2) is 5.62. The second-order valence-electron chi connectivity index (χ2n) is 7.23. The fourth-order valence-electron chi connectivity index (χ4n) is 4.28. The minimum atomic E-state index is -0.398. The van der Waals surface area contributed by atoms with Gasteiger partial charge in [0.15, 0.2) is 5.82 Å². The van der Waals surface area contributed by atoms with Crippen LogP contribution in [0.2, 0.25) is 0 Å². The number of hydrogen-bond donors (Lipinski definition) is 1. The lowest BCUT2D eigenvalue weighted by atomic mass is 9.94. The molecule has 1 N–H and O–H groups in total. The standard InChI is InChI=1S/C18H19FN6O/c1-24-17(22-23-18(24)26)16-12(10-2-3-10)5-7-25(16)14-4-6-20-13-8-11(19)9-21-15(13)14/h4,6,8-10,12,16H,2-3,5,7H2,1H3,(H,23,26). The van der Waals surface area contributed by atoms with Gasteiger partial charge in [0.1, 0.15) is 11.3 Å². The molecule has 3 aromatic heterocycles. The fraction of sp³-hybridized carbons (Fsp3) is 0.444. The summed E-state index contributed by atoms with van der Waals surface area (Å²) in [6.45, 7) is 0.852. The van der Waals surface area contributed by atoms with Gasteiger partial charge in [-0.25, -0.2) is 19.3 Å². The van der Waals surface area contributed by atoms with E-state index in [1.807, 2.05) is 6.07 Å². The van der Waals surface area contributed by atoms with Crippen molar-refractivity contribution in [3.8, 4) is 0 Å². The summed E-state index contributed by atoms with van der Waals surface area (Å²) in [5.41, 5.74) is 1.92. The van der Waals surface area contributed by atoms with Crippen LogP contribution in [0.1, 0.15) is 31.1 Å². The molecule has 2 atom stereocenters. The van der Waals surface area contributed by atoms with Crippen LogP contribution in [0.15, 0.2) is 29.3 Å². The molecule has 0 aromatic carbocycles. The van der Waals surface area contributed by atoms with Gasteiger partial charge < -0.3 is 4.90 Å². The molecule has 1 aliphatic carbocycles. The summed E-state index contributed by atoms with van der Waals surface area (Å²) in [7, 11) is 1.75. The molecule has 2 fully saturated rings. The van der Waals surface area contributed by atoms with Crippen molar-refractivity contribution in [3.05, 3.63) is 46.7 Å². The Kier molecular flexibility index (Phi) is 3.35. The van der Waals surface area contributed by atoms with E-state index in [0.717, 1.165) is 24.5 Å². The van der Waals surface area contributed by atoms with Crippen LogP contribution in [-0.4, -0.2) is 31.3 Å². The summed E-state index contributed by atoms with van der Waals surface area (Å²) in [5.74, 6) is 1.48. The molecule has 134 valence electrons. The van der Waals surface area contributed by atoms with Crippen LogP contribution >= 0.6 is 0 Å². The van der Waals surface area contributed by atoms with Crippen molar-refractivity contribution in [2.24, 2.45) is 18.9 Å². The number of hydrogen-bond acceptors (Lipinski definition) is 5. The van der Waals surface area contributed by atoms with Gasteiger partial charge in [0.2, 0.25) is 0 Å². The summed E-state index contributed by atoms with van der Waals surface area (Å²) in [6, 6.07) is 3.32. The molecule has 1 aliphatic heterocycles. The Morgan fingerprint density at radius 2 is 2.12 bits per heavy atom. The maximum atomic E-state index is 13.6. The molecule has 1 saturated heterocycles. The first kappa shape index (κ1) is 15.5. The molecule has 2 aliphatic rings. The Bertz CT molecular complexity index is 1040. The van der Waals surface area contributed by atoms with Gasteiger partial charge in [0.05, 0.1) is 23.4 Å². The molecule has 1 saturated carbocycles. The van der Waals surface area contributed by atoms with E-state index < -0.39 is 5.82 Å². The second-order valence-corrected chi connectivity index (χ2v) is 7.23. The molecular weight excluding hydrogens is 335 g/mol. The van der Waals surface area contributed by atoms with Crippen LogP contribution in [0, 0.1) is 17.7 Å². The number of aromatic nitrogens is 5. The van der Waals surface area contributed by atoms with Gasteiger partial charge >= 0.3 is 5.69 Å². The summed E-state index contributed by atoms with van der Waals surface area (Å²) < 4.78 is 15.1. The molecule has 0 radical (unpaired) electrons. The van der Waals surface area contributed by atoms with E-state index in [4.69, 9.17) is 0 Å². The van der Waals surface area contributed by atoms with E-state index in [1.165, 1.54) is 25.1 Å². The number of anilines is 1. The number of aromatic amines is 1. The molecule has 5 rings (SSSR count). The molecule has 7 nitrogen and oxygen atoms in total. The van der Waals surface area contributed by atoms with Crippen LogP contribution in [0.4, 0.5) is 10.1 Å². The summed E-state index contributed by atoms with van der Waals surface area (Å²) >= 11 is 0. The molecule has 4 heterocycles. The van der Waals surface area contributed by atoms with Gasteiger partial charge in [0.25, 0.3) is 0 Å². The van der Waals surface area contributed by atoms with Gasteiger partial charge in [-0.3, -0.25) is 9.55 Å². The number of halogens is 1. The highest BCUT2D eigenvalue weighted by Gasteiger charge is 2.46. The fourth-order valence-corrected chi connectivity index (χ4v) is 4.28. The van der Waals surface area contributed by atoms with Crippen molar-refractivity contribution in [1.82, 2.24) is 24.7 Å². The summed E-state index contributed by atoms with van der Waals surface area (Å²) in [4.78, 5) is 22.7. The first-order chi connectivity index (χ1) is 12.6. The lowest BCUT2D eigenvalue weighted by Gasteiger charge is -2.29. The maximum Gasteiger partial charge on any atom is 0.343 e. The number of H-pyrrole nitrogens is 1. The molecule has 8 heteroatoms. The number of nitrogens with one attached hydrogen (secondary N) is 1. The minimum Gasteiger partial charge on any atom is -0.359 e. The Hall–Kier alpha value is -2.77. The number of pyridine rings is 2. The Morgan fingerprint density at radius 3 is 2.85 bits per heavy atom. The van der Waals surface area contributed by atoms with Crippen LogP contribution in [0.5, 0.6) is 0 Å². The predicted molar refractivity (Wildman–Crippen MR) is 94.2 cm³/mol. The zero-order valence-electron chi connectivity index (χ0n) is 14.4. The van der Waals surface area contributed by atoms with Crippen LogP contribution in [-0.2, 0) is 7.05 Å². The summed E-state index contributed by atoms with van der Waals surface area (Å²) in [6.07, 6.45) is 6.41. The van der Waals surface area contributed by atoms with Gasteiger partial charge in [-0.15, -0.1) is 0 Å². The predicted octanol–water partition coefficient (Wildman–Crippen LogP) is 2.17. The van der Waals surface area contributed by atoms with Crippen molar-refractivity contribution in [1.29, 1.82) is 0 Å². The molecular formula is C18H19FN6O. The Balaban J connectivity index is 1.65. The SMILES string of the molecule is Cn1c(C2C(C3CC3)CCN2c2ccnc3cc(F)cnc23)n[nH]c1=O. The van der Waals surface area contributed by atoms with Crippen LogP contribution in [0.3, 0.4) is 0 Å². The van der Waals surface area contributed by atoms with E-state index in [-0.39, 0.29) is 11.7 Å². The van der Waals surface area contributed by atoms with Gasteiger partial charge in [-0.2, -0.15) is 5.10 Å². The number of nitrogens with zero attached hydrogens (tertiary/aromatic N) is 5. The monoisotopic (exact) mass is 354 g/mol. The molecule has 2 unspecified atom stereocenters. The molecule has 3 aromatic rings. The third-order valence-electron chi connectivity index (χ3n) is 5.68. The third kappa shape index (κ3) is 2.32. The number of rotatable bonds is 3. The molecule has 0 spiro atoms. The first-order valence-electron chi connectivity index (χ1n) is 8.91. The van der Waals surface area contributed by atoms with E-state index >= 15 is 0 Å². The topological polar surface area (TPSA) is 79.7 Å². The van der Waals surface area contributed by atoms with E-state index in [9.17, 15) is 9.18 Å². The smallest absolute Gasteiger partial charge is 0.343 e. The highest BCUT2D eigenvalue weighted by atomic mass is 19.1. The van der Waals surface area contributed by atoms with Crippen molar-refractivity contribution < 1.29 is 4.39 Å². The quantitative estimate of drug-likeness (QED) is 0.780. The van der Waals surface area contributed by atoms with E-state index in [1.54, 1.807) is 17.8 Å². The molecule has 0 amide bonds. The maximum absolute atomic E-state index is 13.6. The first-order valence-corrected chi connectivity index (χ1v) is 8.91. The van der Waals surface area contributed by atoms with E-state index in [2.05, 4.69) is 25.1 Å². The van der Waals surface area contributed by atoms with Gasteiger partial charge in [-0.05, 0) is 37.2 Å². The largest absolute Gasteiger partial charge is 0.359 e. The highest BCUT2D eigenvalue weighted by molar-refractivity contribution is 5.88. The summed E-state index contributed by atoms with van der Waals surface area (Å²) in [5, 5.41) is 6.88. The average Bonchev–Trinajstić information content (AvgIpc) is 3.32. The van der Waals surface area contributed by atoms with Crippen molar-refractivity contribution in [3.63, 3.8) is 0 Å². The van der Waals surface area contributed by atoms with Crippen LogP contribution in [0.25, 0.3) is 11.0 Å². The molecule has 26 heavy (non-hydrogen) atoms. The zero-order chi connectivity index (χ0) is 17.8. The lowest BCUT2D eigenvalue weighted by Crippen LogP contribution is -2.30.